The topological polar surface area (TPSA) is 6.48 Å². The van der Waals surface area contributed by atoms with E-state index in [0.717, 1.165) is 71.4 Å². The molecule has 0 spiro atoms. The van der Waals surface area contributed by atoms with Crippen molar-refractivity contribution in [1.29, 1.82) is 0 Å². The number of nitrogens with zero attached hydrogens (tertiary/aromatic N) is 2. The molecule has 10 rings (SSSR count). The molecule has 0 radical (unpaired) electrons. The molecule has 0 aliphatic carbocycles. The van der Waals surface area contributed by atoms with Gasteiger partial charge in [-0.3, -0.25) is 0 Å². The van der Waals surface area contributed by atoms with E-state index in [1.54, 1.807) is 72.8 Å². The first kappa shape index (κ1) is 42.1. The van der Waals surface area contributed by atoms with Gasteiger partial charge in [-0.2, -0.15) is 26.3 Å². The predicted molar refractivity (Wildman–Crippen MR) is 240 cm³/mol. The Balaban J connectivity index is 1.15. The van der Waals surface area contributed by atoms with Gasteiger partial charge in [0.15, 0.2) is 0 Å². The summed E-state index contributed by atoms with van der Waals surface area (Å²) in [4.78, 5) is 3.06. The number of hydrogen-bond donors (Lipinski definition) is 0. The average molecular weight is 897 g/mol. The highest BCUT2D eigenvalue weighted by Gasteiger charge is 2.33. The van der Waals surface area contributed by atoms with Crippen molar-refractivity contribution in [2.45, 2.75) is 12.4 Å². The molecule has 10 aromatic rings. The molecule has 0 heterocycles. The van der Waals surface area contributed by atoms with Crippen molar-refractivity contribution in [3.8, 4) is 22.3 Å². The van der Waals surface area contributed by atoms with Gasteiger partial charge in [0.25, 0.3) is 0 Å². The van der Waals surface area contributed by atoms with Crippen LogP contribution < -0.4 is 9.80 Å². The zero-order valence-electron chi connectivity index (χ0n) is 34.0. The van der Waals surface area contributed by atoms with Gasteiger partial charge in [-0.15, -0.1) is 0 Å². The third-order valence-corrected chi connectivity index (χ3v) is 11.7. The van der Waals surface area contributed by atoms with Gasteiger partial charge in [-0.1, -0.05) is 97.1 Å². The maximum atomic E-state index is 16.6. The minimum absolute atomic E-state index is 0.156. The summed E-state index contributed by atoms with van der Waals surface area (Å²) < 4.78 is 147. The fraction of sp³-hybridized carbons (Fsp3) is 0.0370. The molecular formula is C54H30F10N2. The summed E-state index contributed by atoms with van der Waals surface area (Å²) in [6, 6.07) is 43.5. The van der Waals surface area contributed by atoms with E-state index in [-0.39, 0.29) is 33.6 Å². The lowest BCUT2D eigenvalue weighted by molar-refractivity contribution is -0.138. The van der Waals surface area contributed by atoms with E-state index < -0.39 is 46.7 Å². The summed E-state index contributed by atoms with van der Waals surface area (Å²) in [5.41, 5.74) is -1.74. The van der Waals surface area contributed by atoms with E-state index in [0.29, 0.717) is 44.3 Å². The molecule has 0 saturated heterocycles. The van der Waals surface area contributed by atoms with E-state index in [9.17, 15) is 26.3 Å². The molecular weight excluding hydrogens is 867 g/mol. The van der Waals surface area contributed by atoms with Gasteiger partial charge in [0.05, 0.1) is 33.9 Å². The van der Waals surface area contributed by atoms with Crippen LogP contribution in [-0.2, 0) is 12.4 Å². The van der Waals surface area contributed by atoms with Crippen LogP contribution in [-0.4, -0.2) is 0 Å². The quantitative estimate of drug-likeness (QED) is 0.111. The fourth-order valence-electron chi connectivity index (χ4n) is 8.71. The second kappa shape index (κ2) is 16.0. The van der Waals surface area contributed by atoms with E-state index in [1.165, 1.54) is 21.9 Å². The highest BCUT2D eigenvalue weighted by atomic mass is 19.4. The number of benzene rings is 10. The Labute approximate surface area is 370 Å². The monoisotopic (exact) mass is 896 g/mol. The molecule has 66 heavy (non-hydrogen) atoms. The lowest BCUT2D eigenvalue weighted by Crippen LogP contribution is -2.14. The first-order valence-electron chi connectivity index (χ1n) is 20.4. The van der Waals surface area contributed by atoms with Crippen LogP contribution in [0.1, 0.15) is 11.1 Å². The van der Waals surface area contributed by atoms with E-state index >= 15 is 17.6 Å². The number of alkyl halides is 6. The number of anilines is 6. The van der Waals surface area contributed by atoms with Crippen LogP contribution >= 0.6 is 0 Å². The van der Waals surface area contributed by atoms with E-state index in [4.69, 9.17) is 0 Å². The molecule has 0 atom stereocenters. The molecule has 0 fully saturated rings. The minimum atomic E-state index is -4.71. The smallest absolute Gasteiger partial charge is 0.307 e. The zero-order valence-corrected chi connectivity index (χ0v) is 34.0. The maximum absolute atomic E-state index is 16.6. The lowest BCUT2D eigenvalue weighted by Gasteiger charge is -2.30. The standard InChI is InChI=1S/C54H30F10N2/c55-43-29-49(45(57)27-41(43)33-9-7-11-35(25-33)53(59,60)61)65(37-13-3-1-4-14-37)47-23-19-31-18-22-40-48(24-20-32-17-21-39(47)51(31)52(32)40)66(38-15-5-2-6-16-38)50-30-44(56)42(28-46(50)58)34-10-8-12-36(26-34)54(62,63)64/h1-30H. The Morgan fingerprint density at radius 3 is 1.08 bits per heavy atom. The Hall–Kier alpha value is -7.86. The summed E-state index contributed by atoms with van der Waals surface area (Å²) >= 11 is 0. The van der Waals surface area contributed by atoms with Gasteiger partial charge in [0, 0.05) is 45.4 Å². The normalized spacial score (nSPS) is 12.1. The molecule has 0 amide bonds. The van der Waals surface area contributed by atoms with E-state index in [2.05, 4.69) is 0 Å². The summed E-state index contributed by atoms with van der Waals surface area (Å²) in [6.45, 7) is 0. The van der Waals surface area contributed by atoms with Crippen LogP contribution in [0, 0.1) is 23.3 Å². The summed E-state index contributed by atoms with van der Waals surface area (Å²) in [5, 5.41) is 4.12. The second-order valence-corrected chi connectivity index (χ2v) is 15.7. The lowest BCUT2D eigenvalue weighted by atomic mass is 9.91. The number of rotatable bonds is 8. The molecule has 0 unspecified atom stereocenters. The third kappa shape index (κ3) is 7.37. The van der Waals surface area contributed by atoms with Crippen molar-refractivity contribution in [3.63, 3.8) is 0 Å². The Morgan fingerprint density at radius 1 is 0.318 bits per heavy atom. The van der Waals surface area contributed by atoms with Gasteiger partial charge >= 0.3 is 12.4 Å². The van der Waals surface area contributed by atoms with Crippen LogP contribution in [0.15, 0.2) is 182 Å². The van der Waals surface area contributed by atoms with Crippen molar-refractivity contribution < 1.29 is 43.9 Å². The van der Waals surface area contributed by atoms with Crippen LogP contribution in [0.2, 0.25) is 0 Å². The molecule has 10 aromatic carbocycles. The highest BCUT2D eigenvalue weighted by molar-refractivity contribution is 6.28. The minimum Gasteiger partial charge on any atom is -0.307 e. The SMILES string of the molecule is Fc1cc(N(c2ccccc2)c2ccc3ccc4c(N(c5ccccc5)c5cc(F)c(-c6cccc(C(F)(F)F)c6)cc5F)ccc5ccc2c3c54)c(F)cc1-c1cccc(C(F)(F)F)c1. The maximum Gasteiger partial charge on any atom is 0.416 e. The van der Waals surface area contributed by atoms with Crippen LogP contribution in [0.25, 0.3) is 54.6 Å². The summed E-state index contributed by atoms with van der Waals surface area (Å²) in [7, 11) is 0. The van der Waals surface area contributed by atoms with Crippen molar-refractivity contribution in [2.75, 3.05) is 9.80 Å². The molecule has 0 bridgehead atoms. The van der Waals surface area contributed by atoms with Crippen LogP contribution in [0.3, 0.4) is 0 Å². The summed E-state index contributed by atoms with van der Waals surface area (Å²) in [6.07, 6.45) is -9.41. The molecule has 0 aromatic heterocycles. The number of hydrogen-bond acceptors (Lipinski definition) is 2. The number of halogens is 10. The second-order valence-electron chi connectivity index (χ2n) is 15.7. The van der Waals surface area contributed by atoms with Crippen LogP contribution in [0.4, 0.5) is 78.0 Å². The highest BCUT2D eigenvalue weighted by Crippen LogP contribution is 2.49. The third-order valence-electron chi connectivity index (χ3n) is 11.7. The molecule has 0 saturated carbocycles. The fourth-order valence-corrected chi connectivity index (χ4v) is 8.71. The van der Waals surface area contributed by atoms with Crippen molar-refractivity contribution >= 4 is 66.4 Å². The Kier molecular flexibility index (Phi) is 10.2. The van der Waals surface area contributed by atoms with Crippen molar-refractivity contribution in [2.24, 2.45) is 0 Å². The Bertz CT molecular complexity index is 3230. The van der Waals surface area contributed by atoms with Crippen LogP contribution in [0.5, 0.6) is 0 Å². The molecule has 0 aliphatic rings. The molecule has 0 N–H and O–H groups in total. The zero-order chi connectivity index (χ0) is 46.1. The average Bonchev–Trinajstić information content (AvgIpc) is 3.31. The Morgan fingerprint density at radius 2 is 0.697 bits per heavy atom. The first-order chi connectivity index (χ1) is 31.7. The van der Waals surface area contributed by atoms with Gasteiger partial charge in [-0.25, -0.2) is 17.6 Å². The molecule has 12 heteroatoms. The summed E-state index contributed by atoms with van der Waals surface area (Å²) in [5.74, 6) is -3.73. The largest absolute Gasteiger partial charge is 0.416 e. The predicted octanol–water partition coefficient (Wildman–Crippen LogP) is 17.5. The first-order valence-corrected chi connectivity index (χ1v) is 20.4. The van der Waals surface area contributed by atoms with Crippen molar-refractivity contribution in [3.05, 3.63) is 216 Å². The number of para-hydroxylation sites is 2. The molecule has 2 nitrogen and oxygen atoms in total. The van der Waals surface area contributed by atoms with E-state index in [1.807, 2.05) is 36.4 Å². The molecule has 0 aliphatic heterocycles. The van der Waals surface area contributed by atoms with Gasteiger partial charge < -0.3 is 9.80 Å². The van der Waals surface area contributed by atoms with Gasteiger partial charge in [0.1, 0.15) is 23.3 Å². The molecule has 326 valence electrons. The van der Waals surface area contributed by atoms with Gasteiger partial charge in [0.2, 0.25) is 0 Å². The van der Waals surface area contributed by atoms with Crippen molar-refractivity contribution in [1.82, 2.24) is 0 Å². The van der Waals surface area contributed by atoms with Gasteiger partial charge in [-0.05, 0) is 105 Å².